The first kappa shape index (κ1) is 17.2. The molecule has 0 saturated carbocycles. The highest BCUT2D eigenvalue weighted by Gasteiger charge is 2.06. The lowest BCUT2D eigenvalue weighted by molar-refractivity contribution is -0.677. The average Bonchev–Trinajstić information content (AvgIpc) is 2.91. The van der Waals surface area contributed by atoms with Crippen LogP contribution >= 0.6 is 0 Å². The summed E-state index contributed by atoms with van der Waals surface area (Å²) in [5, 5.41) is 1.20. The van der Waals surface area contributed by atoms with Crippen LogP contribution in [-0.4, -0.2) is 9.55 Å². The smallest absolute Gasteiger partial charge is 0.253 e. The molecule has 2 aromatic heterocycles. The second-order valence-electron chi connectivity index (χ2n) is 5.91. The number of hydrogen-bond donors (Lipinski definition) is 0. The van der Waals surface area contributed by atoms with E-state index in [1.807, 2.05) is 30.5 Å². The van der Waals surface area contributed by atoms with Gasteiger partial charge in [-0.05, 0) is 25.0 Å². The standard InChI is InChI=1S/C11H21N2.C9H7N/c1-4-5-6-7-8-13-10-9-12(3)11(13)2;1-2-6-9-8(4-1)5-3-7-10-9/h9-10H,4-8H2,1-3H3;1-7H/q+1;. The first-order valence-corrected chi connectivity index (χ1v) is 8.53. The Labute approximate surface area is 139 Å². The Balaban J connectivity index is 0.000000172. The number of benzene rings is 1. The molecular weight excluding hydrogens is 282 g/mol. The Hall–Kier alpha value is -2.16. The summed E-state index contributed by atoms with van der Waals surface area (Å²) in [4.78, 5) is 4.18. The monoisotopic (exact) mass is 310 g/mol. The van der Waals surface area contributed by atoms with Gasteiger partial charge in [-0.2, -0.15) is 0 Å². The third-order valence-corrected chi connectivity index (χ3v) is 4.16. The number of imidazole rings is 1. The fraction of sp³-hybridized carbons (Fsp3) is 0.400. The van der Waals surface area contributed by atoms with Gasteiger partial charge in [0.15, 0.2) is 0 Å². The van der Waals surface area contributed by atoms with E-state index in [0.717, 1.165) is 5.52 Å². The fourth-order valence-corrected chi connectivity index (χ4v) is 2.56. The Kier molecular flexibility index (Phi) is 6.79. The maximum atomic E-state index is 4.18. The van der Waals surface area contributed by atoms with Crippen molar-refractivity contribution < 1.29 is 4.57 Å². The molecule has 2 heterocycles. The van der Waals surface area contributed by atoms with E-state index in [4.69, 9.17) is 0 Å². The zero-order valence-electron chi connectivity index (χ0n) is 14.6. The third kappa shape index (κ3) is 5.20. The normalized spacial score (nSPS) is 10.4. The molecule has 3 aromatic rings. The number of aromatic nitrogens is 3. The SMILES string of the molecule is CCCCCCn1cc[n+](C)c1C.c1ccc2ncccc2c1. The molecule has 1 aromatic carbocycles. The maximum Gasteiger partial charge on any atom is 0.253 e. The predicted octanol–water partition coefficient (Wildman–Crippen LogP) is 4.44. The minimum Gasteiger partial charge on any atom is -0.256 e. The molecule has 0 aliphatic carbocycles. The zero-order chi connectivity index (χ0) is 16.5. The second-order valence-corrected chi connectivity index (χ2v) is 5.91. The van der Waals surface area contributed by atoms with Crippen molar-refractivity contribution in [1.29, 1.82) is 0 Å². The lowest BCUT2D eigenvalue weighted by Gasteiger charge is -1.98. The van der Waals surface area contributed by atoms with Crippen LogP contribution in [0, 0.1) is 6.92 Å². The summed E-state index contributed by atoms with van der Waals surface area (Å²) < 4.78 is 4.50. The van der Waals surface area contributed by atoms with Gasteiger partial charge in [0, 0.05) is 18.5 Å². The average molecular weight is 310 g/mol. The molecule has 0 radical (unpaired) electrons. The Morgan fingerprint density at radius 1 is 1.04 bits per heavy atom. The van der Waals surface area contributed by atoms with E-state index in [1.165, 1.54) is 43.4 Å². The van der Waals surface area contributed by atoms with E-state index < -0.39 is 0 Å². The van der Waals surface area contributed by atoms with Gasteiger partial charge in [-0.3, -0.25) is 4.98 Å². The lowest BCUT2D eigenvalue weighted by Crippen LogP contribution is -2.29. The van der Waals surface area contributed by atoms with Crippen molar-refractivity contribution in [2.75, 3.05) is 0 Å². The van der Waals surface area contributed by atoms with E-state index in [9.17, 15) is 0 Å². The van der Waals surface area contributed by atoms with Gasteiger partial charge in [-0.25, -0.2) is 9.13 Å². The number of rotatable bonds is 5. The molecule has 3 rings (SSSR count). The molecule has 0 spiro atoms. The number of hydrogen-bond acceptors (Lipinski definition) is 1. The molecule has 0 amide bonds. The van der Waals surface area contributed by atoms with Crippen molar-refractivity contribution in [2.45, 2.75) is 46.1 Å². The molecule has 0 saturated heterocycles. The Morgan fingerprint density at radius 2 is 1.83 bits per heavy atom. The number of pyridine rings is 1. The van der Waals surface area contributed by atoms with E-state index in [1.54, 1.807) is 0 Å². The van der Waals surface area contributed by atoms with Crippen molar-refractivity contribution in [3.63, 3.8) is 0 Å². The molecule has 0 aliphatic rings. The van der Waals surface area contributed by atoms with Crippen LogP contribution in [0.15, 0.2) is 55.0 Å². The van der Waals surface area contributed by atoms with Gasteiger partial charge < -0.3 is 0 Å². The highest BCUT2D eigenvalue weighted by molar-refractivity contribution is 5.77. The highest BCUT2D eigenvalue weighted by Crippen LogP contribution is 2.08. The Morgan fingerprint density at radius 3 is 2.52 bits per heavy atom. The molecular formula is C20H28N3+. The second kappa shape index (κ2) is 9.09. The molecule has 0 atom stereocenters. The van der Waals surface area contributed by atoms with Gasteiger partial charge in [0.1, 0.15) is 12.4 Å². The summed E-state index contributed by atoms with van der Waals surface area (Å²) in [7, 11) is 2.10. The summed E-state index contributed by atoms with van der Waals surface area (Å²) in [6.07, 6.45) is 11.4. The first-order valence-electron chi connectivity index (χ1n) is 8.53. The van der Waals surface area contributed by atoms with Gasteiger partial charge in [0.25, 0.3) is 5.82 Å². The molecule has 0 bridgehead atoms. The Bertz CT molecular complexity index is 650. The van der Waals surface area contributed by atoms with Crippen molar-refractivity contribution in [1.82, 2.24) is 9.55 Å². The summed E-state index contributed by atoms with van der Waals surface area (Å²) in [6.45, 7) is 5.59. The number of unbranched alkanes of at least 4 members (excludes halogenated alkanes) is 3. The topological polar surface area (TPSA) is 21.7 Å². The number of fused-ring (bicyclic) bond motifs is 1. The minimum atomic E-state index is 1.06. The summed E-state index contributed by atoms with van der Waals surface area (Å²) in [6, 6.07) is 12.1. The van der Waals surface area contributed by atoms with Crippen LogP contribution in [-0.2, 0) is 13.6 Å². The van der Waals surface area contributed by atoms with Crippen molar-refractivity contribution >= 4 is 10.9 Å². The molecule has 0 unspecified atom stereocenters. The number of nitrogens with zero attached hydrogens (tertiary/aromatic N) is 3. The van der Waals surface area contributed by atoms with Gasteiger partial charge in [-0.1, -0.05) is 44.0 Å². The lowest BCUT2D eigenvalue weighted by atomic mass is 10.2. The molecule has 122 valence electrons. The van der Waals surface area contributed by atoms with E-state index in [2.05, 4.69) is 59.5 Å². The predicted molar refractivity (Wildman–Crippen MR) is 96.2 cm³/mol. The van der Waals surface area contributed by atoms with Crippen molar-refractivity contribution in [3.8, 4) is 0 Å². The van der Waals surface area contributed by atoms with Crippen LogP contribution in [0.4, 0.5) is 0 Å². The van der Waals surface area contributed by atoms with Crippen molar-refractivity contribution in [2.24, 2.45) is 7.05 Å². The largest absolute Gasteiger partial charge is 0.256 e. The molecule has 23 heavy (non-hydrogen) atoms. The minimum absolute atomic E-state index is 1.06. The van der Waals surface area contributed by atoms with Gasteiger partial charge in [0.05, 0.1) is 19.1 Å². The van der Waals surface area contributed by atoms with E-state index in [0.29, 0.717) is 0 Å². The van der Waals surface area contributed by atoms with Crippen LogP contribution in [0.25, 0.3) is 10.9 Å². The maximum absolute atomic E-state index is 4.18. The number of aryl methyl sites for hydroxylation is 2. The summed E-state index contributed by atoms with van der Waals surface area (Å²) in [5.41, 5.74) is 1.06. The summed E-state index contributed by atoms with van der Waals surface area (Å²) >= 11 is 0. The third-order valence-electron chi connectivity index (χ3n) is 4.16. The number of para-hydroxylation sites is 1. The van der Waals surface area contributed by atoms with Gasteiger partial charge in [-0.15, -0.1) is 0 Å². The highest BCUT2D eigenvalue weighted by atomic mass is 15.1. The molecule has 3 heteroatoms. The quantitative estimate of drug-likeness (QED) is 0.504. The van der Waals surface area contributed by atoms with Crippen LogP contribution in [0.1, 0.15) is 38.4 Å². The van der Waals surface area contributed by atoms with Gasteiger partial charge >= 0.3 is 0 Å². The molecule has 0 aliphatic heterocycles. The molecule has 0 fully saturated rings. The molecule has 3 nitrogen and oxygen atoms in total. The molecule has 0 N–H and O–H groups in total. The fourth-order valence-electron chi connectivity index (χ4n) is 2.56. The zero-order valence-corrected chi connectivity index (χ0v) is 14.6. The van der Waals surface area contributed by atoms with E-state index in [-0.39, 0.29) is 0 Å². The van der Waals surface area contributed by atoms with Crippen LogP contribution in [0.3, 0.4) is 0 Å². The van der Waals surface area contributed by atoms with Gasteiger partial charge in [0.2, 0.25) is 0 Å². The van der Waals surface area contributed by atoms with Crippen LogP contribution in [0.2, 0.25) is 0 Å². The van der Waals surface area contributed by atoms with E-state index >= 15 is 0 Å². The first-order chi connectivity index (χ1) is 11.2. The van der Waals surface area contributed by atoms with Crippen LogP contribution in [0.5, 0.6) is 0 Å². The van der Waals surface area contributed by atoms with Crippen LogP contribution < -0.4 is 4.57 Å². The van der Waals surface area contributed by atoms with Crippen molar-refractivity contribution in [3.05, 3.63) is 60.8 Å². The summed E-state index contributed by atoms with van der Waals surface area (Å²) in [5.74, 6) is 1.34.